The van der Waals surface area contributed by atoms with Gasteiger partial charge in [0, 0.05) is 5.92 Å². The quantitative estimate of drug-likeness (QED) is 0.926. The largest absolute Gasteiger partial charge is 0.383 e. The maximum Gasteiger partial charge on any atom is 0.141 e. The van der Waals surface area contributed by atoms with Crippen LogP contribution < -0.4 is 5.73 Å². The molecule has 0 radical (unpaired) electrons. The molecule has 17 heavy (non-hydrogen) atoms. The van der Waals surface area contributed by atoms with Crippen molar-refractivity contribution in [1.29, 1.82) is 0 Å². The molecule has 2 rings (SSSR count). The predicted molar refractivity (Wildman–Crippen MR) is 73.9 cm³/mol. The van der Waals surface area contributed by atoms with E-state index in [4.69, 9.17) is 10.7 Å². The number of anilines is 1. The lowest BCUT2D eigenvalue weighted by Gasteiger charge is -2.12. The highest BCUT2D eigenvalue weighted by atomic mass is 79.9. The maximum absolute atomic E-state index is 5.96. The molecule has 1 heterocycles. The molecular formula is C13H20BrN3. The molecule has 0 saturated heterocycles. The zero-order chi connectivity index (χ0) is 12.4. The average molecular weight is 298 g/mol. The molecule has 4 heteroatoms. The Balaban J connectivity index is 2.28. The number of aromatic nitrogens is 2. The van der Waals surface area contributed by atoms with Crippen LogP contribution in [-0.2, 0) is 6.42 Å². The third-order valence-electron chi connectivity index (χ3n) is 3.51. The third-order valence-corrected chi connectivity index (χ3v) is 4.37. The van der Waals surface area contributed by atoms with Crippen LogP contribution in [0.25, 0.3) is 0 Å². The molecule has 1 aromatic rings. The van der Waals surface area contributed by atoms with E-state index in [0.717, 1.165) is 34.8 Å². The number of halogens is 1. The van der Waals surface area contributed by atoms with Crippen molar-refractivity contribution >= 4 is 21.7 Å². The number of nitrogens with zero attached hydrogens (tertiary/aromatic N) is 2. The molecule has 0 aromatic carbocycles. The Bertz CT molecular complexity index is 406. The van der Waals surface area contributed by atoms with Gasteiger partial charge in [0.15, 0.2) is 0 Å². The number of rotatable bonds is 3. The van der Waals surface area contributed by atoms with E-state index in [0.29, 0.717) is 11.7 Å². The van der Waals surface area contributed by atoms with Gasteiger partial charge in [-0.25, -0.2) is 9.97 Å². The topological polar surface area (TPSA) is 51.8 Å². The number of hydrogen-bond donors (Lipinski definition) is 1. The molecule has 1 aromatic heterocycles. The van der Waals surface area contributed by atoms with Crippen molar-refractivity contribution in [3.05, 3.63) is 16.0 Å². The molecule has 0 bridgehead atoms. The summed E-state index contributed by atoms with van der Waals surface area (Å²) in [5.41, 5.74) is 7.02. The number of aryl methyl sites for hydroxylation is 1. The molecule has 1 aliphatic carbocycles. The van der Waals surface area contributed by atoms with Crippen LogP contribution in [0.5, 0.6) is 0 Å². The van der Waals surface area contributed by atoms with E-state index in [9.17, 15) is 0 Å². The Kier molecular flexibility index (Phi) is 4.02. The van der Waals surface area contributed by atoms with Crippen LogP contribution in [0.2, 0.25) is 0 Å². The third kappa shape index (κ3) is 2.79. The summed E-state index contributed by atoms with van der Waals surface area (Å²) in [7, 11) is 0. The molecule has 0 aliphatic heterocycles. The van der Waals surface area contributed by atoms with Crippen molar-refractivity contribution in [2.24, 2.45) is 5.92 Å². The Labute approximate surface area is 111 Å². The van der Waals surface area contributed by atoms with Gasteiger partial charge in [-0.3, -0.25) is 0 Å². The first-order chi connectivity index (χ1) is 8.11. The van der Waals surface area contributed by atoms with E-state index < -0.39 is 0 Å². The minimum atomic E-state index is 0.510. The normalized spacial score (nSPS) is 24.2. The second-order valence-electron chi connectivity index (χ2n) is 5.09. The first kappa shape index (κ1) is 12.8. The van der Waals surface area contributed by atoms with E-state index >= 15 is 0 Å². The van der Waals surface area contributed by atoms with Crippen molar-refractivity contribution in [3.8, 4) is 0 Å². The fraction of sp³-hybridized carbons (Fsp3) is 0.692. The Morgan fingerprint density at radius 3 is 2.71 bits per heavy atom. The molecule has 0 spiro atoms. The highest BCUT2D eigenvalue weighted by Crippen LogP contribution is 2.37. The minimum absolute atomic E-state index is 0.510. The number of hydrogen-bond acceptors (Lipinski definition) is 3. The van der Waals surface area contributed by atoms with E-state index in [1.807, 2.05) is 0 Å². The minimum Gasteiger partial charge on any atom is -0.383 e. The summed E-state index contributed by atoms with van der Waals surface area (Å²) in [6, 6.07) is 0. The summed E-state index contributed by atoms with van der Waals surface area (Å²) in [5.74, 6) is 2.86. The SMILES string of the molecule is CCCc1nc(C2CCC(C)C2)nc(N)c1Br. The molecule has 0 amide bonds. The van der Waals surface area contributed by atoms with E-state index in [1.54, 1.807) is 0 Å². The van der Waals surface area contributed by atoms with Crippen LogP contribution in [-0.4, -0.2) is 9.97 Å². The zero-order valence-electron chi connectivity index (χ0n) is 10.5. The van der Waals surface area contributed by atoms with Crippen molar-refractivity contribution in [1.82, 2.24) is 9.97 Å². The standard InChI is InChI=1S/C13H20BrN3/c1-3-4-10-11(14)12(15)17-13(16-10)9-6-5-8(2)7-9/h8-9H,3-7H2,1-2H3,(H2,15,16,17). The highest BCUT2D eigenvalue weighted by molar-refractivity contribution is 9.10. The van der Waals surface area contributed by atoms with E-state index in [2.05, 4.69) is 34.8 Å². The predicted octanol–water partition coefficient (Wildman–Crippen LogP) is 3.68. The van der Waals surface area contributed by atoms with Gasteiger partial charge >= 0.3 is 0 Å². The Morgan fingerprint density at radius 1 is 1.35 bits per heavy atom. The Morgan fingerprint density at radius 2 is 2.12 bits per heavy atom. The summed E-state index contributed by atoms with van der Waals surface area (Å²) in [4.78, 5) is 9.15. The van der Waals surface area contributed by atoms with E-state index in [-0.39, 0.29) is 0 Å². The molecule has 1 aliphatic rings. The first-order valence-electron chi connectivity index (χ1n) is 6.43. The van der Waals surface area contributed by atoms with E-state index in [1.165, 1.54) is 19.3 Å². The fourth-order valence-corrected chi connectivity index (χ4v) is 2.93. The second-order valence-corrected chi connectivity index (χ2v) is 5.89. The first-order valence-corrected chi connectivity index (χ1v) is 7.22. The van der Waals surface area contributed by atoms with Gasteiger partial charge in [-0.2, -0.15) is 0 Å². The second kappa shape index (κ2) is 5.34. The average Bonchev–Trinajstić information content (AvgIpc) is 2.71. The van der Waals surface area contributed by atoms with Gasteiger partial charge in [-0.15, -0.1) is 0 Å². The molecule has 2 N–H and O–H groups in total. The summed E-state index contributed by atoms with van der Waals surface area (Å²) >= 11 is 3.49. The lowest BCUT2D eigenvalue weighted by molar-refractivity contribution is 0.583. The summed E-state index contributed by atoms with van der Waals surface area (Å²) < 4.78 is 0.883. The zero-order valence-corrected chi connectivity index (χ0v) is 12.1. The summed E-state index contributed by atoms with van der Waals surface area (Å²) in [6.45, 7) is 4.46. The van der Waals surface area contributed by atoms with Gasteiger partial charge in [0.25, 0.3) is 0 Å². The van der Waals surface area contributed by atoms with Crippen LogP contribution in [0, 0.1) is 5.92 Å². The molecule has 1 fully saturated rings. The van der Waals surface area contributed by atoms with Gasteiger partial charge in [-0.05, 0) is 47.5 Å². The van der Waals surface area contributed by atoms with Crippen molar-refractivity contribution < 1.29 is 0 Å². The molecule has 2 unspecified atom stereocenters. The molecular weight excluding hydrogens is 278 g/mol. The molecule has 94 valence electrons. The van der Waals surface area contributed by atoms with Crippen LogP contribution in [0.15, 0.2) is 4.47 Å². The van der Waals surface area contributed by atoms with Gasteiger partial charge < -0.3 is 5.73 Å². The van der Waals surface area contributed by atoms with Crippen molar-refractivity contribution in [2.75, 3.05) is 5.73 Å². The Hall–Kier alpha value is -0.640. The lowest BCUT2D eigenvalue weighted by Crippen LogP contribution is -2.08. The van der Waals surface area contributed by atoms with Gasteiger partial charge in [0.1, 0.15) is 11.6 Å². The van der Waals surface area contributed by atoms with Gasteiger partial charge in [0.2, 0.25) is 0 Å². The fourth-order valence-electron chi connectivity index (χ4n) is 2.56. The van der Waals surface area contributed by atoms with Crippen molar-refractivity contribution in [3.63, 3.8) is 0 Å². The number of nitrogen functional groups attached to an aromatic ring is 1. The van der Waals surface area contributed by atoms with Gasteiger partial charge in [-0.1, -0.05) is 20.3 Å². The maximum atomic E-state index is 5.96. The summed E-state index contributed by atoms with van der Waals surface area (Å²) in [5, 5.41) is 0. The van der Waals surface area contributed by atoms with Crippen LogP contribution >= 0.6 is 15.9 Å². The highest BCUT2D eigenvalue weighted by Gasteiger charge is 2.26. The smallest absolute Gasteiger partial charge is 0.141 e. The summed E-state index contributed by atoms with van der Waals surface area (Å²) in [6.07, 6.45) is 5.73. The van der Waals surface area contributed by atoms with Crippen molar-refractivity contribution in [2.45, 2.75) is 51.9 Å². The molecule has 1 saturated carbocycles. The van der Waals surface area contributed by atoms with Crippen LogP contribution in [0.3, 0.4) is 0 Å². The van der Waals surface area contributed by atoms with Crippen LogP contribution in [0.1, 0.15) is 57.0 Å². The molecule has 3 nitrogen and oxygen atoms in total. The number of nitrogens with two attached hydrogens (primary N) is 1. The van der Waals surface area contributed by atoms with Crippen LogP contribution in [0.4, 0.5) is 5.82 Å². The van der Waals surface area contributed by atoms with Gasteiger partial charge in [0.05, 0.1) is 10.2 Å². The molecule has 2 atom stereocenters. The monoisotopic (exact) mass is 297 g/mol. The lowest BCUT2D eigenvalue weighted by atomic mass is 10.1.